The number of aromatic nitrogens is 3. The van der Waals surface area contributed by atoms with E-state index in [1.165, 1.54) is 0 Å². The van der Waals surface area contributed by atoms with Crippen LogP contribution >= 0.6 is 11.8 Å². The van der Waals surface area contributed by atoms with Crippen LogP contribution in [0.15, 0.2) is 45.0 Å². The second-order valence-electron chi connectivity index (χ2n) is 6.59. The lowest BCUT2D eigenvalue weighted by Gasteiger charge is -2.17. The lowest BCUT2D eigenvalue weighted by molar-refractivity contribution is 0.0902. The predicted octanol–water partition coefficient (Wildman–Crippen LogP) is 3.12. The Morgan fingerprint density at radius 2 is 1.93 bits per heavy atom. The van der Waals surface area contributed by atoms with E-state index in [0.29, 0.717) is 23.4 Å². The molecule has 0 amide bonds. The maximum absolute atomic E-state index is 14.5. The summed E-state index contributed by atoms with van der Waals surface area (Å²) in [5.41, 5.74) is -0.221. The van der Waals surface area contributed by atoms with Crippen LogP contribution in [-0.4, -0.2) is 45.4 Å². The van der Waals surface area contributed by atoms with E-state index in [4.69, 9.17) is 9.52 Å². The smallest absolute Gasteiger partial charge is 0.228 e. The number of ketones is 1. The summed E-state index contributed by atoms with van der Waals surface area (Å²) in [7, 11) is 0. The SMILES string of the molecule is O=C(CO)c1cc(F)c(Sc2nnc(N3CCCC3)n2Cc2ccco2)c(F)c1. The molecule has 10 heteroatoms. The Labute approximate surface area is 169 Å². The molecule has 0 bridgehead atoms. The summed E-state index contributed by atoms with van der Waals surface area (Å²) in [4.78, 5) is 13.3. The van der Waals surface area contributed by atoms with Crippen LogP contribution in [-0.2, 0) is 6.54 Å². The summed E-state index contributed by atoms with van der Waals surface area (Å²) in [6.07, 6.45) is 3.64. The zero-order valence-corrected chi connectivity index (χ0v) is 16.2. The lowest BCUT2D eigenvalue weighted by Crippen LogP contribution is -2.22. The molecule has 0 radical (unpaired) electrons. The van der Waals surface area contributed by atoms with Gasteiger partial charge in [-0.05, 0) is 48.9 Å². The van der Waals surface area contributed by atoms with E-state index in [-0.39, 0.29) is 10.5 Å². The number of hydrogen-bond donors (Lipinski definition) is 1. The van der Waals surface area contributed by atoms with Gasteiger partial charge in [0.1, 0.15) is 24.0 Å². The first-order chi connectivity index (χ1) is 14.1. The van der Waals surface area contributed by atoms with Crippen molar-refractivity contribution in [2.75, 3.05) is 24.6 Å². The molecular weight excluding hydrogens is 402 g/mol. The van der Waals surface area contributed by atoms with E-state index in [2.05, 4.69) is 15.1 Å². The number of nitrogens with zero attached hydrogens (tertiary/aromatic N) is 4. The number of halogens is 2. The number of hydrogen-bond acceptors (Lipinski definition) is 7. The highest BCUT2D eigenvalue weighted by Gasteiger charge is 2.24. The van der Waals surface area contributed by atoms with Crippen LogP contribution in [0, 0.1) is 11.6 Å². The first-order valence-corrected chi connectivity index (χ1v) is 9.90. The molecule has 0 atom stereocenters. The highest BCUT2D eigenvalue weighted by Crippen LogP contribution is 2.34. The molecular formula is C19H18F2N4O3S. The van der Waals surface area contributed by atoms with Gasteiger partial charge in [-0.3, -0.25) is 9.36 Å². The number of Topliss-reactive ketones (excluding diaryl/α,β-unsaturated/α-hetero) is 1. The fraction of sp³-hybridized carbons (Fsp3) is 0.316. The van der Waals surface area contributed by atoms with Gasteiger partial charge in [0.15, 0.2) is 10.9 Å². The zero-order valence-electron chi connectivity index (χ0n) is 15.3. The van der Waals surface area contributed by atoms with Crippen LogP contribution in [0.1, 0.15) is 29.0 Å². The number of carbonyl (C=O) groups is 1. The second kappa shape index (κ2) is 8.34. The molecule has 0 unspecified atom stereocenters. The fourth-order valence-electron chi connectivity index (χ4n) is 3.21. The number of carbonyl (C=O) groups excluding carboxylic acids is 1. The highest BCUT2D eigenvalue weighted by molar-refractivity contribution is 7.99. The van der Waals surface area contributed by atoms with Crippen molar-refractivity contribution in [3.8, 4) is 0 Å². The number of aliphatic hydroxyl groups excluding tert-OH is 1. The van der Waals surface area contributed by atoms with Crippen LogP contribution in [0.25, 0.3) is 0 Å². The third kappa shape index (κ3) is 4.03. The van der Waals surface area contributed by atoms with Crippen molar-refractivity contribution in [2.24, 2.45) is 0 Å². The topological polar surface area (TPSA) is 84.4 Å². The monoisotopic (exact) mass is 420 g/mol. The molecule has 29 heavy (non-hydrogen) atoms. The van der Waals surface area contributed by atoms with Gasteiger partial charge in [0.05, 0.1) is 17.7 Å². The second-order valence-corrected chi connectivity index (χ2v) is 7.57. The Balaban J connectivity index is 1.69. The molecule has 1 aliphatic heterocycles. The maximum Gasteiger partial charge on any atom is 0.228 e. The highest BCUT2D eigenvalue weighted by atomic mass is 32.2. The van der Waals surface area contributed by atoms with E-state index >= 15 is 0 Å². The van der Waals surface area contributed by atoms with E-state index in [0.717, 1.165) is 49.8 Å². The zero-order chi connectivity index (χ0) is 20.4. The number of rotatable bonds is 7. The first-order valence-electron chi connectivity index (χ1n) is 9.08. The van der Waals surface area contributed by atoms with E-state index in [1.54, 1.807) is 23.0 Å². The lowest BCUT2D eigenvalue weighted by atomic mass is 10.1. The Kier molecular flexibility index (Phi) is 5.63. The largest absolute Gasteiger partial charge is 0.467 e. The van der Waals surface area contributed by atoms with E-state index in [1.807, 2.05) is 0 Å². The van der Waals surface area contributed by atoms with Gasteiger partial charge in [0.25, 0.3) is 0 Å². The third-order valence-corrected chi connectivity index (χ3v) is 5.72. The number of benzene rings is 1. The van der Waals surface area contributed by atoms with Gasteiger partial charge in [-0.15, -0.1) is 10.2 Å². The summed E-state index contributed by atoms with van der Waals surface area (Å²) in [5, 5.41) is 17.6. The van der Waals surface area contributed by atoms with Gasteiger partial charge < -0.3 is 14.4 Å². The van der Waals surface area contributed by atoms with Crippen molar-refractivity contribution in [1.29, 1.82) is 0 Å². The Morgan fingerprint density at radius 1 is 1.21 bits per heavy atom. The van der Waals surface area contributed by atoms with Gasteiger partial charge in [-0.1, -0.05) is 0 Å². The Bertz CT molecular complexity index is 994. The van der Waals surface area contributed by atoms with E-state index < -0.39 is 24.0 Å². The molecule has 1 fully saturated rings. The Morgan fingerprint density at radius 3 is 2.55 bits per heavy atom. The molecule has 1 aliphatic rings. The van der Waals surface area contributed by atoms with Crippen LogP contribution in [0.3, 0.4) is 0 Å². The average molecular weight is 420 g/mol. The molecule has 1 saturated heterocycles. The van der Waals surface area contributed by atoms with Crippen molar-refractivity contribution < 1.29 is 23.1 Å². The third-order valence-electron chi connectivity index (χ3n) is 4.64. The normalized spacial score (nSPS) is 14.0. The predicted molar refractivity (Wildman–Crippen MR) is 101 cm³/mol. The van der Waals surface area contributed by atoms with Crippen molar-refractivity contribution in [1.82, 2.24) is 14.8 Å². The number of aliphatic hydroxyl groups is 1. The summed E-state index contributed by atoms with van der Waals surface area (Å²) >= 11 is 0.794. The molecule has 0 spiro atoms. The van der Waals surface area contributed by atoms with Crippen molar-refractivity contribution in [2.45, 2.75) is 29.4 Å². The van der Waals surface area contributed by atoms with Gasteiger partial charge in [-0.2, -0.15) is 0 Å². The standard InChI is InChI=1S/C19H18F2N4O3S/c20-14-8-12(16(27)11-26)9-15(21)17(14)29-19-23-22-18(24-5-1-2-6-24)25(19)10-13-4-3-7-28-13/h3-4,7-9,26H,1-2,5-6,10-11H2. The van der Waals surface area contributed by atoms with Crippen LogP contribution in [0.2, 0.25) is 0 Å². The van der Waals surface area contributed by atoms with Crippen molar-refractivity contribution >= 4 is 23.5 Å². The van der Waals surface area contributed by atoms with E-state index in [9.17, 15) is 13.6 Å². The Hall–Kier alpha value is -2.72. The minimum Gasteiger partial charge on any atom is -0.467 e. The molecule has 1 N–H and O–H groups in total. The quantitative estimate of drug-likeness (QED) is 0.588. The van der Waals surface area contributed by atoms with Crippen LogP contribution < -0.4 is 4.90 Å². The van der Waals surface area contributed by atoms with Crippen LogP contribution in [0.5, 0.6) is 0 Å². The van der Waals surface area contributed by atoms with Gasteiger partial charge in [-0.25, -0.2) is 8.78 Å². The number of furan rings is 1. The molecule has 3 heterocycles. The molecule has 0 aliphatic carbocycles. The van der Waals surface area contributed by atoms with Crippen molar-refractivity contribution in [3.05, 3.63) is 53.5 Å². The molecule has 7 nitrogen and oxygen atoms in total. The summed E-state index contributed by atoms with van der Waals surface area (Å²) in [6, 6.07) is 5.40. The van der Waals surface area contributed by atoms with Gasteiger partial charge in [0.2, 0.25) is 5.95 Å². The molecule has 0 saturated carbocycles. The molecule has 3 aromatic rings. The minimum absolute atomic E-state index is 0.221. The summed E-state index contributed by atoms with van der Waals surface area (Å²) < 4.78 is 36.2. The molecule has 2 aromatic heterocycles. The molecule has 4 rings (SSSR count). The minimum atomic E-state index is -0.901. The van der Waals surface area contributed by atoms with Gasteiger partial charge in [0, 0.05) is 18.7 Å². The number of anilines is 1. The van der Waals surface area contributed by atoms with Gasteiger partial charge >= 0.3 is 0 Å². The van der Waals surface area contributed by atoms with Crippen LogP contribution in [0.4, 0.5) is 14.7 Å². The summed E-state index contributed by atoms with van der Waals surface area (Å²) in [5.74, 6) is -1.27. The summed E-state index contributed by atoms with van der Waals surface area (Å²) in [6.45, 7) is 1.17. The first kappa shape index (κ1) is 19.6. The molecule has 152 valence electrons. The fourth-order valence-corrected chi connectivity index (χ4v) is 4.04. The van der Waals surface area contributed by atoms with Crippen molar-refractivity contribution in [3.63, 3.8) is 0 Å². The molecule has 1 aromatic carbocycles. The maximum atomic E-state index is 14.5. The average Bonchev–Trinajstić information content (AvgIpc) is 3.47.